The second-order valence-corrected chi connectivity index (χ2v) is 5.50. The first kappa shape index (κ1) is 14.4. The van der Waals surface area contributed by atoms with Gasteiger partial charge in [-0.2, -0.15) is 0 Å². The Morgan fingerprint density at radius 3 is 2.42 bits per heavy atom. The Hall–Kier alpha value is -0.960. The third kappa shape index (κ3) is 2.29. The summed E-state index contributed by atoms with van der Waals surface area (Å²) in [5.41, 5.74) is 0.786. The van der Waals surface area contributed by atoms with Crippen molar-refractivity contribution in [2.75, 3.05) is 6.54 Å². The highest BCUT2D eigenvalue weighted by Crippen LogP contribution is 2.57. The molecule has 0 radical (unpaired) electrons. The Morgan fingerprint density at radius 2 is 1.89 bits per heavy atom. The molecule has 0 amide bonds. The normalized spacial score (nSPS) is 25.1. The van der Waals surface area contributed by atoms with Gasteiger partial charge in [-0.25, -0.2) is 8.78 Å². The van der Waals surface area contributed by atoms with Crippen molar-refractivity contribution < 1.29 is 8.78 Å². The molecular weight excluding hydrogens is 244 g/mol. The van der Waals surface area contributed by atoms with E-state index in [1.54, 1.807) is 6.07 Å². The molecule has 1 aliphatic carbocycles. The summed E-state index contributed by atoms with van der Waals surface area (Å²) in [5, 5.41) is 3.51. The molecule has 0 heterocycles. The predicted octanol–water partition coefficient (Wildman–Crippen LogP) is 4.24. The van der Waals surface area contributed by atoms with Crippen molar-refractivity contribution in [2.45, 2.75) is 52.0 Å². The number of hydrogen-bond acceptors (Lipinski definition) is 1. The van der Waals surface area contributed by atoms with Crippen LogP contribution in [0.3, 0.4) is 0 Å². The minimum absolute atomic E-state index is 0.106. The summed E-state index contributed by atoms with van der Waals surface area (Å²) in [6, 6.07) is 4.44. The Morgan fingerprint density at radius 1 is 1.21 bits per heavy atom. The monoisotopic (exact) mass is 267 g/mol. The highest BCUT2D eigenvalue weighted by atomic mass is 19.1. The van der Waals surface area contributed by atoms with Crippen LogP contribution in [0.1, 0.15) is 51.5 Å². The number of rotatable bonds is 5. The van der Waals surface area contributed by atoms with Gasteiger partial charge in [-0.3, -0.25) is 0 Å². The molecule has 0 saturated heterocycles. The van der Waals surface area contributed by atoms with Crippen LogP contribution in [0.15, 0.2) is 18.2 Å². The Kier molecular flexibility index (Phi) is 4.24. The van der Waals surface area contributed by atoms with Crippen molar-refractivity contribution in [3.05, 3.63) is 35.4 Å². The lowest BCUT2D eigenvalue weighted by atomic mass is 9.51. The van der Waals surface area contributed by atoms with Crippen LogP contribution in [0.4, 0.5) is 8.78 Å². The van der Waals surface area contributed by atoms with Gasteiger partial charge in [0, 0.05) is 12.1 Å². The molecule has 1 aliphatic rings. The van der Waals surface area contributed by atoms with Crippen molar-refractivity contribution in [3.8, 4) is 0 Å². The van der Waals surface area contributed by atoms with E-state index in [0.717, 1.165) is 31.9 Å². The topological polar surface area (TPSA) is 12.0 Å². The quantitative estimate of drug-likeness (QED) is 0.841. The Balaban J connectivity index is 2.30. The number of hydrogen-bond donors (Lipinski definition) is 1. The van der Waals surface area contributed by atoms with Gasteiger partial charge in [0.2, 0.25) is 0 Å². The van der Waals surface area contributed by atoms with E-state index < -0.39 is 11.6 Å². The molecule has 1 aromatic carbocycles. The molecule has 1 N–H and O–H groups in total. The average Bonchev–Trinajstić information content (AvgIpc) is 2.37. The molecule has 2 atom stereocenters. The van der Waals surface area contributed by atoms with Gasteiger partial charge >= 0.3 is 0 Å². The third-order valence-corrected chi connectivity index (χ3v) is 4.96. The van der Waals surface area contributed by atoms with Crippen LogP contribution in [0.25, 0.3) is 0 Å². The number of nitrogens with one attached hydrogen (secondary N) is 1. The van der Waals surface area contributed by atoms with E-state index in [4.69, 9.17) is 0 Å². The van der Waals surface area contributed by atoms with Crippen LogP contribution in [0.2, 0.25) is 0 Å². The van der Waals surface area contributed by atoms with E-state index in [0.29, 0.717) is 11.6 Å². The van der Waals surface area contributed by atoms with E-state index >= 15 is 0 Å². The SMILES string of the molecule is CCNC1CC(c2ccc(F)cc2F)C1(CC)CC. The zero-order valence-corrected chi connectivity index (χ0v) is 12.0. The van der Waals surface area contributed by atoms with E-state index in [1.165, 1.54) is 6.07 Å². The largest absolute Gasteiger partial charge is 0.314 e. The minimum Gasteiger partial charge on any atom is -0.314 e. The molecule has 1 fully saturated rings. The highest BCUT2D eigenvalue weighted by molar-refractivity contribution is 5.30. The number of benzene rings is 1. The summed E-state index contributed by atoms with van der Waals surface area (Å²) in [6.45, 7) is 7.37. The van der Waals surface area contributed by atoms with Crippen molar-refractivity contribution >= 4 is 0 Å². The molecule has 2 rings (SSSR count). The molecule has 1 nitrogen and oxygen atoms in total. The molecule has 0 spiro atoms. The third-order valence-electron chi connectivity index (χ3n) is 4.96. The lowest BCUT2D eigenvalue weighted by Gasteiger charge is -2.56. The standard InChI is InChI=1S/C16H23F2N/c1-4-16(5-2)13(10-15(16)19-6-3)12-8-7-11(17)9-14(12)18/h7-9,13,15,19H,4-6,10H2,1-3H3. The molecule has 1 aromatic rings. The van der Waals surface area contributed by atoms with Crippen LogP contribution in [-0.2, 0) is 0 Å². The first-order chi connectivity index (χ1) is 9.08. The smallest absolute Gasteiger partial charge is 0.129 e. The average molecular weight is 267 g/mol. The maximum Gasteiger partial charge on any atom is 0.129 e. The van der Waals surface area contributed by atoms with Crippen LogP contribution in [0.5, 0.6) is 0 Å². The zero-order valence-electron chi connectivity index (χ0n) is 12.0. The maximum absolute atomic E-state index is 14.0. The molecule has 1 saturated carbocycles. The first-order valence-electron chi connectivity index (χ1n) is 7.27. The van der Waals surface area contributed by atoms with Crippen LogP contribution in [-0.4, -0.2) is 12.6 Å². The van der Waals surface area contributed by atoms with Crippen LogP contribution >= 0.6 is 0 Å². The highest BCUT2D eigenvalue weighted by Gasteiger charge is 2.53. The molecule has 0 bridgehead atoms. The van der Waals surface area contributed by atoms with Crippen molar-refractivity contribution in [1.82, 2.24) is 5.32 Å². The lowest BCUT2D eigenvalue weighted by molar-refractivity contribution is 0.0192. The van der Waals surface area contributed by atoms with Crippen LogP contribution in [0, 0.1) is 17.0 Å². The van der Waals surface area contributed by atoms with E-state index in [9.17, 15) is 8.78 Å². The van der Waals surface area contributed by atoms with Gasteiger partial charge in [-0.15, -0.1) is 0 Å². The van der Waals surface area contributed by atoms with Gasteiger partial charge in [0.1, 0.15) is 11.6 Å². The molecule has 0 aliphatic heterocycles. The molecule has 106 valence electrons. The predicted molar refractivity (Wildman–Crippen MR) is 74.2 cm³/mol. The van der Waals surface area contributed by atoms with Gasteiger partial charge < -0.3 is 5.32 Å². The summed E-state index contributed by atoms with van der Waals surface area (Å²) in [4.78, 5) is 0. The minimum atomic E-state index is -0.498. The summed E-state index contributed by atoms with van der Waals surface area (Å²) >= 11 is 0. The number of halogens is 2. The molecule has 3 heteroatoms. The fraction of sp³-hybridized carbons (Fsp3) is 0.625. The molecular formula is C16H23F2N. The van der Waals surface area contributed by atoms with Gasteiger partial charge in [0.25, 0.3) is 0 Å². The second-order valence-electron chi connectivity index (χ2n) is 5.50. The van der Waals surface area contributed by atoms with Crippen molar-refractivity contribution in [3.63, 3.8) is 0 Å². The zero-order chi connectivity index (χ0) is 14.0. The summed E-state index contributed by atoms with van der Waals surface area (Å²) in [7, 11) is 0. The summed E-state index contributed by atoms with van der Waals surface area (Å²) in [5.74, 6) is -0.694. The van der Waals surface area contributed by atoms with Gasteiger partial charge in [-0.1, -0.05) is 26.8 Å². The molecule has 0 aromatic heterocycles. The Labute approximate surface area is 114 Å². The first-order valence-corrected chi connectivity index (χ1v) is 7.27. The Bertz CT molecular complexity index is 440. The van der Waals surface area contributed by atoms with Gasteiger partial charge in [0.05, 0.1) is 0 Å². The lowest BCUT2D eigenvalue weighted by Crippen LogP contribution is -2.58. The second kappa shape index (κ2) is 5.58. The fourth-order valence-electron chi connectivity index (χ4n) is 3.78. The van der Waals surface area contributed by atoms with Crippen molar-refractivity contribution in [1.29, 1.82) is 0 Å². The molecule has 19 heavy (non-hydrogen) atoms. The summed E-state index contributed by atoms with van der Waals surface area (Å²) in [6.07, 6.45) is 2.98. The fourth-order valence-corrected chi connectivity index (χ4v) is 3.78. The van der Waals surface area contributed by atoms with Gasteiger partial charge in [-0.05, 0) is 48.8 Å². The van der Waals surface area contributed by atoms with E-state index in [2.05, 4.69) is 26.1 Å². The van der Waals surface area contributed by atoms with Crippen LogP contribution < -0.4 is 5.32 Å². The van der Waals surface area contributed by atoms with Crippen molar-refractivity contribution in [2.24, 2.45) is 5.41 Å². The van der Waals surface area contributed by atoms with Gasteiger partial charge in [0.15, 0.2) is 0 Å². The van der Waals surface area contributed by atoms with E-state index in [1.807, 2.05) is 0 Å². The maximum atomic E-state index is 14.0. The molecule has 2 unspecified atom stereocenters. The summed E-state index contributed by atoms with van der Waals surface area (Å²) < 4.78 is 27.0. The van der Waals surface area contributed by atoms with E-state index in [-0.39, 0.29) is 11.3 Å².